The summed E-state index contributed by atoms with van der Waals surface area (Å²) in [6, 6.07) is 13.1. The van der Waals surface area contributed by atoms with Crippen molar-refractivity contribution in [2.75, 3.05) is 4.31 Å². The second kappa shape index (κ2) is 9.48. The quantitative estimate of drug-likeness (QED) is 0.659. The maximum absolute atomic E-state index is 11.7. The Morgan fingerprint density at radius 3 is 1.96 bits per heavy atom. The van der Waals surface area contributed by atoms with Crippen LogP contribution in [0.2, 0.25) is 0 Å². The van der Waals surface area contributed by atoms with E-state index in [1.165, 1.54) is 6.92 Å². The van der Waals surface area contributed by atoms with Gasteiger partial charge in [0.2, 0.25) is 5.91 Å². The van der Waals surface area contributed by atoms with Gasteiger partial charge in [-0.3, -0.25) is 13.3 Å². The van der Waals surface area contributed by atoms with Gasteiger partial charge in [0.1, 0.15) is 6.04 Å². The predicted octanol–water partition coefficient (Wildman–Crippen LogP) is 2.70. The Morgan fingerprint density at radius 1 is 1.07 bits per heavy atom. The summed E-state index contributed by atoms with van der Waals surface area (Å²) < 4.78 is 24.3. The fraction of sp³-hybridized carbons (Fsp3) is 0.300. The van der Waals surface area contributed by atoms with E-state index in [0.29, 0.717) is 12.2 Å². The number of hydrogen-bond acceptors (Lipinski definition) is 4. The minimum Gasteiger partial charge on any atom is -0.755 e. The van der Waals surface area contributed by atoms with Crippen LogP contribution in [0.1, 0.15) is 26.3 Å². The second-order valence-electron chi connectivity index (χ2n) is 6.72. The molecule has 0 saturated carbocycles. The van der Waals surface area contributed by atoms with E-state index in [9.17, 15) is 23.5 Å². The average Bonchev–Trinajstić information content (AvgIpc) is 2.64. The Bertz CT molecular complexity index is 850. The maximum atomic E-state index is 11.7. The van der Waals surface area contributed by atoms with E-state index in [-0.39, 0.29) is 5.91 Å². The first-order valence-electron chi connectivity index (χ1n) is 8.76. The van der Waals surface area contributed by atoms with Crippen LogP contribution >= 0.6 is 0 Å². The highest BCUT2D eigenvalue weighted by Crippen LogP contribution is 2.27. The summed E-state index contributed by atoms with van der Waals surface area (Å²) in [5.41, 5.74) is 3.04. The Balaban J connectivity index is 2.24. The number of aliphatic carboxylic acids is 1. The molecule has 2 atom stereocenters. The van der Waals surface area contributed by atoms with Crippen LogP contribution in [-0.2, 0) is 27.4 Å². The molecule has 2 unspecified atom stereocenters. The molecule has 0 fully saturated rings. The predicted molar refractivity (Wildman–Crippen MR) is 107 cm³/mol. The number of nitrogens with zero attached hydrogens (tertiary/aromatic N) is 1. The fourth-order valence-corrected chi connectivity index (χ4v) is 3.65. The highest BCUT2D eigenvalue weighted by atomic mass is 32.2. The molecule has 0 aliphatic heterocycles. The second-order valence-corrected chi connectivity index (χ2v) is 7.55. The number of carboxylic acid groups (broad SMARTS) is 1. The zero-order valence-electron chi connectivity index (χ0n) is 15.9. The van der Waals surface area contributed by atoms with Gasteiger partial charge in [-0.25, -0.2) is 4.79 Å². The van der Waals surface area contributed by atoms with Crippen LogP contribution in [0.5, 0.6) is 0 Å². The largest absolute Gasteiger partial charge is 0.755 e. The number of hydrogen-bond donors (Lipinski definition) is 2. The fourth-order valence-electron chi connectivity index (χ4n) is 2.84. The van der Waals surface area contributed by atoms with E-state index < -0.39 is 29.2 Å². The molecule has 150 valence electrons. The van der Waals surface area contributed by atoms with Gasteiger partial charge in [-0.1, -0.05) is 50.2 Å². The van der Waals surface area contributed by atoms with Crippen molar-refractivity contribution in [3.05, 3.63) is 54.1 Å². The lowest BCUT2D eigenvalue weighted by Crippen LogP contribution is -2.45. The van der Waals surface area contributed by atoms with Crippen LogP contribution in [0, 0.1) is 5.92 Å². The third-order valence-electron chi connectivity index (χ3n) is 4.25. The molecule has 0 heterocycles. The minimum absolute atomic E-state index is 0.0963. The standard InChI is InChI=1S/C20H24N2O5S/c1-13(2)19(20(24)25)22(28(26)27)18-10-8-17(9-11-18)16-6-4-15(5-7-16)12-21-14(3)23/h4-11,13,19H,12H2,1-3H3,(H,21,23)(H,24,25)(H,26,27)/p-1. The summed E-state index contributed by atoms with van der Waals surface area (Å²) in [6.07, 6.45) is 0. The number of carbonyl (C=O) groups excluding carboxylic acids is 1. The van der Waals surface area contributed by atoms with Crippen LogP contribution in [0.3, 0.4) is 0 Å². The molecule has 7 nitrogen and oxygen atoms in total. The smallest absolute Gasteiger partial charge is 0.327 e. The summed E-state index contributed by atoms with van der Waals surface area (Å²) in [6.45, 7) is 5.23. The van der Waals surface area contributed by atoms with E-state index in [2.05, 4.69) is 5.32 Å². The first-order chi connectivity index (χ1) is 13.2. The number of nitrogens with one attached hydrogen (secondary N) is 1. The van der Waals surface area contributed by atoms with Gasteiger partial charge >= 0.3 is 5.97 Å². The number of carboxylic acids is 1. The SMILES string of the molecule is CC(=O)NCc1ccc(-c2ccc(N(C(C(=O)O)C(C)C)S(=O)[O-])cc2)cc1. The molecule has 0 radical (unpaired) electrons. The third-order valence-corrected chi connectivity index (χ3v) is 5.01. The molecule has 0 aliphatic rings. The number of carbonyl (C=O) groups is 2. The molecular formula is C20H23N2O5S-. The van der Waals surface area contributed by atoms with Gasteiger partial charge in [-0.05, 0) is 34.7 Å². The van der Waals surface area contributed by atoms with Crippen molar-refractivity contribution in [3.63, 3.8) is 0 Å². The van der Waals surface area contributed by atoms with Gasteiger partial charge in [0.25, 0.3) is 0 Å². The number of benzene rings is 2. The van der Waals surface area contributed by atoms with Gasteiger partial charge in [0, 0.05) is 30.4 Å². The molecule has 0 aromatic heterocycles. The molecule has 0 bridgehead atoms. The van der Waals surface area contributed by atoms with Crippen LogP contribution in [0.15, 0.2) is 48.5 Å². The first-order valence-corrected chi connectivity index (χ1v) is 9.79. The van der Waals surface area contributed by atoms with Crippen molar-refractivity contribution in [2.24, 2.45) is 5.92 Å². The molecule has 28 heavy (non-hydrogen) atoms. The maximum Gasteiger partial charge on any atom is 0.327 e. The number of anilines is 1. The molecule has 0 aliphatic carbocycles. The van der Waals surface area contributed by atoms with Gasteiger partial charge in [-0.2, -0.15) is 0 Å². The van der Waals surface area contributed by atoms with Crippen molar-refractivity contribution >= 4 is 28.8 Å². The van der Waals surface area contributed by atoms with Gasteiger partial charge < -0.3 is 15.0 Å². The van der Waals surface area contributed by atoms with Crippen molar-refractivity contribution in [2.45, 2.75) is 33.4 Å². The zero-order valence-corrected chi connectivity index (χ0v) is 16.7. The topological polar surface area (TPSA) is 110 Å². The molecule has 2 rings (SSSR count). The first kappa shape index (κ1) is 21.6. The summed E-state index contributed by atoms with van der Waals surface area (Å²) in [5.74, 6) is -1.69. The summed E-state index contributed by atoms with van der Waals surface area (Å²) in [5, 5.41) is 12.1. The molecular weight excluding hydrogens is 380 g/mol. The molecule has 8 heteroatoms. The van der Waals surface area contributed by atoms with Crippen LogP contribution in [0.4, 0.5) is 5.69 Å². The normalized spacial score (nSPS) is 13.0. The van der Waals surface area contributed by atoms with E-state index in [1.54, 1.807) is 38.1 Å². The van der Waals surface area contributed by atoms with Crippen molar-refractivity contribution in [3.8, 4) is 11.1 Å². The Hall–Kier alpha value is -2.71. The summed E-state index contributed by atoms with van der Waals surface area (Å²) >= 11 is -2.72. The van der Waals surface area contributed by atoms with Crippen LogP contribution < -0.4 is 9.62 Å². The molecule has 2 aromatic carbocycles. The van der Waals surface area contributed by atoms with E-state index in [4.69, 9.17) is 0 Å². The summed E-state index contributed by atoms with van der Waals surface area (Å²) in [4.78, 5) is 22.5. The molecule has 2 aromatic rings. The third kappa shape index (κ3) is 5.40. The highest BCUT2D eigenvalue weighted by molar-refractivity contribution is 7.80. The lowest BCUT2D eigenvalue weighted by atomic mass is 10.0. The van der Waals surface area contributed by atoms with Crippen molar-refractivity contribution in [1.29, 1.82) is 0 Å². The monoisotopic (exact) mass is 403 g/mol. The molecule has 1 amide bonds. The average molecular weight is 403 g/mol. The summed E-state index contributed by atoms with van der Waals surface area (Å²) in [7, 11) is 0. The van der Waals surface area contributed by atoms with Crippen LogP contribution in [0.25, 0.3) is 11.1 Å². The van der Waals surface area contributed by atoms with E-state index in [0.717, 1.165) is 21.0 Å². The molecule has 2 N–H and O–H groups in total. The number of amides is 1. The molecule has 0 saturated heterocycles. The Labute approximate surface area is 166 Å². The van der Waals surface area contributed by atoms with Crippen LogP contribution in [-0.4, -0.2) is 31.8 Å². The lowest BCUT2D eigenvalue weighted by molar-refractivity contribution is -0.139. The lowest BCUT2D eigenvalue weighted by Gasteiger charge is -2.34. The molecule has 0 spiro atoms. The van der Waals surface area contributed by atoms with E-state index in [1.807, 2.05) is 24.3 Å². The van der Waals surface area contributed by atoms with Crippen molar-refractivity contribution < 1.29 is 23.5 Å². The Morgan fingerprint density at radius 2 is 1.57 bits per heavy atom. The van der Waals surface area contributed by atoms with Crippen molar-refractivity contribution in [1.82, 2.24) is 5.32 Å². The minimum atomic E-state index is -2.72. The number of rotatable bonds is 8. The Kier molecular flexibility index (Phi) is 7.31. The highest BCUT2D eigenvalue weighted by Gasteiger charge is 2.30. The van der Waals surface area contributed by atoms with E-state index >= 15 is 0 Å². The van der Waals surface area contributed by atoms with Gasteiger partial charge in [-0.15, -0.1) is 0 Å². The van der Waals surface area contributed by atoms with Gasteiger partial charge in [0.05, 0.1) is 0 Å². The zero-order chi connectivity index (χ0) is 20.8. The van der Waals surface area contributed by atoms with Gasteiger partial charge in [0.15, 0.2) is 0 Å².